The molecular weight excluding hydrogens is 409 g/mol. The number of methoxy groups -OCH3 is 1. The Kier molecular flexibility index (Phi) is 5.79. The second-order valence-electron chi connectivity index (χ2n) is 7.67. The predicted octanol–water partition coefficient (Wildman–Crippen LogP) is 4.80. The Morgan fingerprint density at radius 1 is 1.16 bits per heavy atom. The molecule has 1 aliphatic rings. The van der Waals surface area contributed by atoms with Gasteiger partial charge in [-0.25, -0.2) is 9.50 Å². The van der Waals surface area contributed by atoms with Gasteiger partial charge in [-0.1, -0.05) is 6.07 Å². The predicted molar refractivity (Wildman–Crippen MR) is 109 cm³/mol. The Morgan fingerprint density at radius 2 is 1.97 bits per heavy atom. The first-order valence-electron chi connectivity index (χ1n) is 10.3. The molecule has 1 fully saturated rings. The average molecular weight is 434 g/mol. The summed E-state index contributed by atoms with van der Waals surface area (Å²) >= 11 is 0. The van der Waals surface area contributed by atoms with E-state index in [1.165, 1.54) is 0 Å². The molecule has 166 valence electrons. The van der Waals surface area contributed by atoms with E-state index in [-0.39, 0.29) is 11.7 Å². The van der Waals surface area contributed by atoms with Gasteiger partial charge in [0.1, 0.15) is 5.69 Å². The highest BCUT2D eigenvalue weighted by atomic mass is 19.4. The molecule has 0 spiro atoms. The Bertz CT molecular complexity index is 1080. The van der Waals surface area contributed by atoms with Crippen molar-refractivity contribution in [3.05, 3.63) is 53.0 Å². The molecule has 0 saturated carbocycles. The summed E-state index contributed by atoms with van der Waals surface area (Å²) in [6.07, 6.45) is -2.71. The Labute approximate surface area is 178 Å². The number of aryl methyl sites for hydroxylation is 1. The molecule has 0 amide bonds. The summed E-state index contributed by atoms with van der Waals surface area (Å²) in [5.41, 5.74) is 1.39. The van der Waals surface area contributed by atoms with Crippen molar-refractivity contribution in [2.45, 2.75) is 45.5 Å². The van der Waals surface area contributed by atoms with Crippen molar-refractivity contribution in [2.24, 2.45) is 0 Å². The molecule has 1 saturated heterocycles. The van der Waals surface area contributed by atoms with E-state index in [4.69, 9.17) is 9.47 Å². The van der Waals surface area contributed by atoms with Gasteiger partial charge in [-0.3, -0.25) is 4.90 Å². The number of alkyl halides is 3. The van der Waals surface area contributed by atoms with Crippen LogP contribution in [-0.4, -0.2) is 39.8 Å². The number of likely N-dealkylation sites (tertiary alicyclic amines) is 1. The quantitative estimate of drug-likeness (QED) is 0.558. The second kappa shape index (κ2) is 8.37. The van der Waals surface area contributed by atoms with Gasteiger partial charge < -0.3 is 9.47 Å². The summed E-state index contributed by atoms with van der Waals surface area (Å²) in [7, 11) is 1.60. The van der Waals surface area contributed by atoms with Crippen LogP contribution in [0.2, 0.25) is 0 Å². The number of ether oxygens (including phenoxy) is 2. The molecular formula is C22H25F3N4O2. The summed E-state index contributed by atoms with van der Waals surface area (Å²) in [5.74, 6) is 1.35. The fourth-order valence-corrected chi connectivity index (χ4v) is 4.16. The van der Waals surface area contributed by atoms with Crippen LogP contribution in [0, 0.1) is 6.92 Å². The van der Waals surface area contributed by atoms with Gasteiger partial charge in [-0.2, -0.15) is 18.3 Å². The van der Waals surface area contributed by atoms with Crippen LogP contribution < -0.4 is 9.47 Å². The number of rotatable bonds is 6. The van der Waals surface area contributed by atoms with Crippen molar-refractivity contribution in [1.82, 2.24) is 19.5 Å². The molecule has 3 aromatic rings. The molecule has 0 N–H and O–H groups in total. The van der Waals surface area contributed by atoms with Gasteiger partial charge in [0.25, 0.3) is 0 Å². The number of hydrogen-bond acceptors (Lipinski definition) is 5. The molecule has 1 atom stereocenters. The molecule has 1 unspecified atom stereocenters. The molecule has 3 heterocycles. The topological polar surface area (TPSA) is 51.9 Å². The minimum absolute atomic E-state index is 0.0688. The number of aromatic nitrogens is 3. The van der Waals surface area contributed by atoms with Crippen LogP contribution in [0.15, 0.2) is 30.3 Å². The molecule has 31 heavy (non-hydrogen) atoms. The summed E-state index contributed by atoms with van der Waals surface area (Å²) < 4.78 is 52.4. The normalized spacial score (nSPS) is 17.4. The Balaban J connectivity index is 1.63. The first-order valence-corrected chi connectivity index (χ1v) is 10.3. The Morgan fingerprint density at radius 3 is 2.68 bits per heavy atom. The summed E-state index contributed by atoms with van der Waals surface area (Å²) in [6.45, 7) is 5.48. The molecule has 0 radical (unpaired) electrons. The van der Waals surface area contributed by atoms with Crippen LogP contribution in [0.1, 0.15) is 48.5 Å². The van der Waals surface area contributed by atoms with E-state index in [1.54, 1.807) is 20.1 Å². The lowest BCUT2D eigenvalue weighted by Crippen LogP contribution is -2.23. The number of fused-ring (bicyclic) bond motifs is 1. The van der Waals surface area contributed by atoms with E-state index in [0.717, 1.165) is 35.5 Å². The van der Waals surface area contributed by atoms with Gasteiger partial charge in [-0.05, 0) is 57.0 Å². The highest BCUT2D eigenvalue weighted by Crippen LogP contribution is 2.36. The lowest BCUT2D eigenvalue weighted by Gasteiger charge is -2.23. The minimum atomic E-state index is -4.50. The van der Waals surface area contributed by atoms with Gasteiger partial charge in [0.15, 0.2) is 17.1 Å². The largest absolute Gasteiger partial charge is 0.493 e. The van der Waals surface area contributed by atoms with Crippen LogP contribution in [0.5, 0.6) is 11.5 Å². The first kappa shape index (κ1) is 21.4. The van der Waals surface area contributed by atoms with Crippen molar-refractivity contribution in [1.29, 1.82) is 0 Å². The third-order valence-corrected chi connectivity index (χ3v) is 5.48. The number of benzene rings is 1. The maximum Gasteiger partial charge on any atom is 0.433 e. The van der Waals surface area contributed by atoms with Crippen molar-refractivity contribution >= 4 is 5.65 Å². The zero-order valence-corrected chi connectivity index (χ0v) is 17.7. The van der Waals surface area contributed by atoms with E-state index < -0.39 is 11.9 Å². The van der Waals surface area contributed by atoms with E-state index in [9.17, 15) is 13.2 Å². The van der Waals surface area contributed by atoms with Gasteiger partial charge in [0.05, 0.1) is 25.5 Å². The SMILES string of the molecule is CCOc1cc(CN2CCCC2c2cc3nc(C)cc(C(F)(F)F)n3n2)ccc1OC. The van der Waals surface area contributed by atoms with Crippen LogP contribution in [0.3, 0.4) is 0 Å². The highest BCUT2D eigenvalue weighted by Gasteiger charge is 2.36. The van der Waals surface area contributed by atoms with E-state index in [2.05, 4.69) is 15.0 Å². The van der Waals surface area contributed by atoms with Crippen LogP contribution in [0.4, 0.5) is 13.2 Å². The van der Waals surface area contributed by atoms with Gasteiger partial charge >= 0.3 is 6.18 Å². The molecule has 0 aliphatic carbocycles. The molecule has 6 nitrogen and oxygen atoms in total. The molecule has 2 aromatic heterocycles. The van der Waals surface area contributed by atoms with Crippen molar-refractivity contribution in [2.75, 3.05) is 20.3 Å². The summed E-state index contributed by atoms with van der Waals surface area (Å²) in [6, 6.07) is 8.44. The van der Waals surface area contributed by atoms with Gasteiger partial charge in [0.2, 0.25) is 0 Å². The standard InChI is InChI=1S/C22H25F3N4O2/c1-4-31-19-11-15(7-8-18(19)30-3)13-28-9-5-6-17(28)16-12-21-26-14(2)10-20(22(23,24)25)29(21)27-16/h7-8,10-12,17H,4-6,9,13H2,1-3H3. The van der Waals surface area contributed by atoms with Crippen molar-refractivity contribution < 1.29 is 22.6 Å². The third kappa shape index (κ3) is 4.32. The minimum Gasteiger partial charge on any atom is -0.493 e. The number of nitrogens with zero attached hydrogens (tertiary/aromatic N) is 4. The molecule has 0 bridgehead atoms. The van der Waals surface area contributed by atoms with Gasteiger partial charge in [-0.15, -0.1) is 0 Å². The van der Waals surface area contributed by atoms with E-state index in [0.29, 0.717) is 36.0 Å². The fraction of sp³-hybridized carbons (Fsp3) is 0.455. The fourth-order valence-electron chi connectivity index (χ4n) is 4.16. The van der Waals surface area contributed by atoms with Crippen molar-refractivity contribution in [3.63, 3.8) is 0 Å². The molecule has 4 rings (SSSR count). The number of hydrogen-bond donors (Lipinski definition) is 0. The average Bonchev–Trinajstić information content (AvgIpc) is 3.33. The smallest absolute Gasteiger partial charge is 0.433 e. The second-order valence-corrected chi connectivity index (χ2v) is 7.67. The monoisotopic (exact) mass is 434 g/mol. The highest BCUT2D eigenvalue weighted by molar-refractivity contribution is 5.44. The van der Waals surface area contributed by atoms with Gasteiger partial charge in [0, 0.05) is 18.3 Å². The maximum atomic E-state index is 13.5. The van der Waals surface area contributed by atoms with Crippen LogP contribution in [0.25, 0.3) is 5.65 Å². The maximum absolute atomic E-state index is 13.5. The van der Waals surface area contributed by atoms with Crippen LogP contribution in [-0.2, 0) is 12.7 Å². The summed E-state index contributed by atoms with van der Waals surface area (Å²) in [4.78, 5) is 6.49. The molecule has 1 aliphatic heterocycles. The lowest BCUT2D eigenvalue weighted by molar-refractivity contribution is -0.142. The van der Waals surface area contributed by atoms with Crippen LogP contribution >= 0.6 is 0 Å². The molecule has 1 aromatic carbocycles. The first-order chi connectivity index (χ1) is 14.8. The third-order valence-electron chi connectivity index (χ3n) is 5.48. The zero-order valence-electron chi connectivity index (χ0n) is 17.7. The Hall–Kier alpha value is -2.81. The van der Waals surface area contributed by atoms with Crippen molar-refractivity contribution in [3.8, 4) is 11.5 Å². The molecule has 9 heteroatoms. The lowest BCUT2D eigenvalue weighted by atomic mass is 10.1. The summed E-state index contributed by atoms with van der Waals surface area (Å²) in [5, 5.41) is 4.32. The van der Waals surface area contributed by atoms with E-state index in [1.807, 2.05) is 25.1 Å². The zero-order chi connectivity index (χ0) is 22.2. The number of halogens is 3. The van der Waals surface area contributed by atoms with E-state index >= 15 is 0 Å².